The van der Waals surface area contributed by atoms with E-state index in [1.54, 1.807) is 11.8 Å². The number of thioether (sulfide) groups is 1. The molecule has 0 bridgehead atoms. The van der Waals surface area contributed by atoms with Crippen LogP contribution in [0.15, 0.2) is 23.1 Å². The van der Waals surface area contributed by atoms with E-state index < -0.39 is 0 Å². The summed E-state index contributed by atoms with van der Waals surface area (Å²) in [6, 6.07) is 5.89. The van der Waals surface area contributed by atoms with Crippen molar-refractivity contribution in [3.05, 3.63) is 28.8 Å². The number of hydrogen-bond donors (Lipinski definition) is 2. The summed E-state index contributed by atoms with van der Waals surface area (Å²) in [5.74, 6) is 0.712. The largest absolute Gasteiger partial charge is 0.396 e. The van der Waals surface area contributed by atoms with Crippen molar-refractivity contribution < 1.29 is 5.11 Å². The molecule has 0 atom stereocenters. The summed E-state index contributed by atoms with van der Waals surface area (Å²) in [4.78, 5) is 1.18. The Kier molecular flexibility index (Phi) is 5.80. The van der Waals surface area contributed by atoms with E-state index in [0.29, 0.717) is 5.75 Å². The van der Waals surface area contributed by atoms with Gasteiger partial charge in [0.1, 0.15) is 0 Å². The molecular weight excluding hydrogens is 254 g/mol. The van der Waals surface area contributed by atoms with Crippen molar-refractivity contribution >= 4 is 23.4 Å². The average Bonchev–Trinajstić information content (AvgIpc) is 2.24. The average molecular weight is 274 g/mol. The van der Waals surface area contributed by atoms with Crippen LogP contribution < -0.4 is 5.32 Å². The third-order valence-corrected chi connectivity index (χ3v) is 3.51. The van der Waals surface area contributed by atoms with Crippen LogP contribution in [0.5, 0.6) is 0 Å². The molecule has 0 aliphatic rings. The van der Waals surface area contributed by atoms with Crippen LogP contribution in [0.1, 0.15) is 26.3 Å². The van der Waals surface area contributed by atoms with Gasteiger partial charge in [0.25, 0.3) is 0 Å². The number of nitrogens with one attached hydrogen (secondary N) is 1. The molecule has 96 valence electrons. The Morgan fingerprint density at radius 1 is 1.35 bits per heavy atom. The lowest BCUT2D eigenvalue weighted by Gasteiger charge is -2.21. The quantitative estimate of drug-likeness (QED) is 0.808. The van der Waals surface area contributed by atoms with Crippen LogP contribution >= 0.6 is 23.4 Å². The Labute approximate surface area is 113 Å². The number of aliphatic hydroxyl groups excluding tert-OH is 1. The van der Waals surface area contributed by atoms with Gasteiger partial charge in [-0.1, -0.05) is 11.6 Å². The van der Waals surface area contributed by atoms with E-state index >= 15 is 0 Å². The smallest absolute Gasteiger partial charge is 0.0525 e. The van der Waals surface area contributed by atoms with Gasteiger partial charge in [-0.15, -0.1) is 11.8 Å². The Morgan fingerprint density at radius 2 is 2.06 bits per heavy atom. The van der Waals surface area contributed by atoms with E-state index in [2.05, 4.69) is 26.1 Å². The maximum atomic E-state index is 8.87. The molecule has 1 rings (SSSR count). The minimum atomic E-state index is 0.0846. The Hall–Kier alpha value is -0.220. The van der Waals surface area contributed by atoms with Crippen LogP contribution in [0.4, 0.5) is 0 Å². The van der Waals surface area contributed by atoms with Crippen molar-refractivity contribution in [2.45, 2.75) is 37.8 Å². The van der Waals surface area contributed by atoms with E-state index in [1.807, 2.05) is 18.2 Å². The van der Waals surface area contributed by atoms with Gasteiger partial charge in [0.15, 0.2) is 0 Å². The molecular formula is C13H20ClNOS. The first-order chi connectivity index (χ1) is 7.92. The number of benzene rings is 1. The Morgan fingerprint density at radius 3 is 2.65 bits per heavy atom. The van der Waals surface area contributed by atoms with Crippen molar-refractivity contribution in [3.63, 3.8) is 0 Å². The molecule has 2 N–H and O–H groups in total. The molecule has 4 heteroatoms. The SMILES string of the molecule is CC(C)(C)NCc1cc(Cl)ccc1SCCO. The lowest BCUT2D eigenvalue weighted by Crippen LogP contribution is -2.35. The lowest BCUT2D eigenvalue weighted by molar-refractivity contribution is 0.322. The summed E-state index contributed by atoms with van der Waals surface area (Å²) in [5, 5.41) is 13.1. The van der Waals surface area contributed by atoms with Crippen molar-refractivity contribution in [2.75, 3.05) is 12.4 Å². The zero-order chi connectivity index (χ0) is 12.9. The minimum absolute atomic E-state index is 0.0846. The van der Waals surface area contributed by atoms with Crippen molar-refractivity contribution in [3.8, 4) is 0 Å². The summed E-state index contributed by atoms with van der Waals surface area (Å²) in [6.07, 6.45) is 0. The first kappa shape index (κ1) is 14.8. The minimum Gasteiger partial charge on any atom is -0.396 e. The van der Waals surface area contributed by atoms with E-state index in [0.717, 1.165) is 11.6 Å². The summed E-state index contributed by atoms with van der Waals surface area (Å²) >= 11 is 7.67. The van der Waals surface area contributed by atoms with Gasteiger partial charge in [0.2, 0.25) is 0 Å². The summed E-state index contributed by atoms with van der Waals surface area (Å²) in [5.41, 5.74) is 1.27. The molecule has 0 saturated heterocycles. The van der Waals surface area contributed by atoms with E-state index in [-0.39, 0.29) is 12.1 Å². The first-order valence-electron chi connectivity index (χ1n) is 5.69. The molecule has 0 saturated carbocycles. The van der Waals surface area contributed by atoms with E-state index in [1.165, 1.54) is 10.5 Å². The zero-order valence-corrected chi connectivity index (χ0v) is 12.2. The van der Waals surface area contributed by atoms with Gasteiger partial charge < -0.3 is 10.4 Å². The van der Waals surface area contributed by atoms with Crippen LogP contribution in [0.2, 0.25) is 5.02 Å². The third kappa shape index (κ3) is 5.77. The van der Waals surface area contributed by atoms with Crippen molar-refractivity contribution in [1.82, 2.24) is 5.32 Å². The molecule has 0 aromatic heterocycles. The fourth-order valence-electron chi connectivity index (χ4n) is 1.34. The molecule has 0 aliphatic heterocycles. The van der Waals surface area contributed by atoms with Crippen molar-refractivity contribution in [1.29, 1.82) is 0 Å². The second-order valence-corrected chi connectivity index (χ2v) is 6.50. The first-order valence-corrected chi connectivity index (χ1v) is 7.06. The van der Waals surface area contributed by atoms with E-state index in [4.69, 9.17) is 16.7 Å². The van der Waals surface area contributed by atoms with Gasteiger partial charge in [-0.25, -0.2) is 0 Å². The predicted molar refractivity (Wildman–Crippen MR) is 75.9 cm³/mol. The molecule has 0 amide bonds. The van der Waals surface area contributed by atoms with E-state index in [9.17, 15) is 0 Å². The molecule has 2 nitrogen and oxygen atoms in total. The standard InChI is InChI=1S/C13H20ClNOS/c1-13(2,3)15-9-10-8-11(14)4-5-12(10)17-7-6-16/h4-5,8,15-16H,6-7,9H2,1-3H3. The number of hydrogen-bond acceptors (Lipinski definition) is 3. The highest BCUT2D eigenvalue weighted by Gasteiger charge is 2.11. The van der Waals surface area contributed by atoms with Crippen LogP contribution in [0, 0.1) is 0 Å². The second-order valence-electron chi connectivity index (χ2n) is 4.93. The monoisotopic (exact) mass is 273 g/mol. The highest BCUT2D eigenvalue weighted by Crippen LogP contribution is 2.26. The van der Waals surface area contributed by atoms with Gasteiger partial charge >= 0.3 is 0 Å². The predicted octanol–water partition coefficient (Wildman–Crippen LogP) is 3.31. The Balaban J connectivity index is 2.76. The molecule has 0 heterocycles. The molecule has 1 aromatic carbocycles. The molecule has 1 aromatic rings. The van der Waals surface area contributed by atoms with Crippen molar-refractivity contribution in [2.24, 2.45) is 0 Å². The maximum absolute atomic E-state index is 8.87. The Bertz CT molecular complexity index is 363. The maximum Gasteiger partial charge on any atom is 0.0525 e. The highest BCUT2D eigenvalue weighted by molar-refractivity contribution is 7.99. The molecule has 0 fully saturated rings. The van der Waals surface area contributed by atoms with Gasteiger partial charge in [0.05, 0.1) is 6.61 Å². The molecule has 0 unspecified atom stereocenters. The summed E-state index contributed by atoms with van der Waals surface area (Å²) in [6.45, 7) is 7.39. The topological polar surface area (TPSA) is 32.3 Å². The fourth-order valence-corrected chi connectivity index (χ4v) is 2.33. The normalized spacial score (nSPS) is 11.8. The number of aliphatic hydroxyl groups is 1. The van der Waals surface area contributed by atoms with Crippen LogP contribution in [0.3, 0.4) is 0 Å². The zero-order valence-electron chi connectivity index (χ0n) is 10.6. The number of halogens is 1. The summed E-state index contributed by atoms with van der Waals surface area (Å²) in [7, 11) is 0. The van der Waals surface area contributed by atoms with Crippen LogP contribution in [-0.2, 0) is 6.54 Å². The highest BCUT2D eigenvalue weighted by atomic mass is 35.5. The van der Waals surface area contributed by atoms with Crippen LogP contribution in [0.25, 0.3) is 0 Å². The summed E-state index contributed by atoms with van der Waals surface area (Å²) < 4.78 is 0. The van der Waals surface area contributed by atoms with Gasteiger partial charge in [-0.3, -0.25) is 0 Å². The molecule has 0 radical (unpaired) electrons. The molecule has 17 heavy (non-hydrogen) atoms. The number of rotatable bonds is 5. The van der Waals surface area contributed by atoms with Gasteiger partial charge in [-0.2, -0.15) is 0 Å². The fraction of sp³-hybridized carbons (Fsp3) is 0.538. The molecule has 0 aliphatic carbocycles. The van der Waals surface area contributed by atoms with Crippen LogP contribution in [-0.4, -0.2) is 23.0 Å². The lowest BCUT2D eigenvalue weighted by atomic mass is 10.1. The van der Waals surface area contributed by atoms with Gasteiger partial charge in [0, 0.05) is 27.8 Å². The molecule has 0 spiro atoms. The second kappa shape index (κ2) is 6.64. The van der Waals surface area contributed by atoms with Gasteiger partial charge in [-0.05, 0) is 44.5 Å². The third-order valence-electron chi connectivity index (χ3n) is 2.18.